The summed E-state index contributed by atoms with van der Waals surface area (Å²) in [6.45, 7) is 36.6. The van der Waals surface area contributed by atoms with E-state index in [4.69, 9.17) is 33.2 Å². The second kappa shape index (κ2) is 25.0. The first kappa shape index (κ1) is 53.7. The average Bonchev–Trinajstić information content (AvgIpc) is 4.22. The minimum Gasteiger partial charge on any atom is -0.499 e. The van der Waals surface area contributed by atoms with Gasteiger partial charge in [-0.25, -0.2) is 0 Å². The van der Waals surface area contributed by atoms with Gasteiger partial charge in [0, 0.05) is 10.8 Å². The Morgan fingerprint density at radius 3 is 1.55 bits per heavy atom. The number of allylic oxidation sites excluding steroid dienone is 13. The van der Waals surface area contributed by atoms with Crippen LogP contribution in [-0.4, -0.2) is 76.3 Å². The highest BCUT2D eigenvalue weighted by atomic mass is 16.6. The highest BCUT2D eigenvalue weighted by Crippen LogP contribution is 2.58. The molecule has 8 nitrogen and oxygen atoms in total. The second-order valence-electron chi connectivity index (χ2n) is 20.9. The van der Waals surface area contributed by atoms with Crippen molar-refractivity contribution in [3.05, 3.63) is 181 Å². The van der Waals surface area contributed by atoms with E-state index in [1.54, 1.807) is 6.26 Å². The Kier molecular flexibility index (Phi) is 18.9. The highest BCUT2D eigenvalue weighted by molar-refractivity contribution is 5.52. The van der Waals surface area contributed by atoms with E-state index in [1.165, 1.54) is 22.3 Å². The molecule has 2 aliphatic carbocycles. The van der Waals surface area contributed by atoms with Crippen LogP contribution in [0.15, 0.2) is 159 Å². The van der Waals surface area contributed by atoms with E-state index in [-0.39, 0.29) is 47.8 Å². The van der Waals surface area contributed by atoms with E-state index in [0.717, 1.165) is 111 Å². The maximum atomic E-state index is 9.50. The fourth-order valence-corrected chi connectivity index (χ4v) is 11.5. The highest BCUT2D eigenvalue weighted by Gasteiger charge is 2.49. The first-order valence-corrected chi connectivity index (χ1v) is 26.2. The van der Waals surface area contributed by atoms with Crippen LogP contribution in [0.25, 0.3) is 0 Å². The van der Waals surface area contributed by atoms with Gasteiger partial charge in [0.25, 0.3) is 0 Å². The summed E-state index contributed by atoms with van der Waals surface area (Å²) >= 11 is 0. The third kappa shape index (κ3) is 13.5. The van der Waals surface area contributed by atoms with Crippen LogP contribution in [0.3, 0.4) is 0 Å². The molecule has 3 unspecified atom stereocenters. The molecule has 3 aliphatic heterocycles. The number of hydrogen-bond acceptors (Lipinski definition) is 8. The topological polar surface area (TPSA) is 94.7 Å². The largest absolute Gasteiger partial charge is 0.499 e. The molecular formula is C63H82O8. The maximum absolute atomic E-state index is 9.50. The lowest BCUT2D eigenvalue weighted by Gasteiger charge is -2.52. The summed E-state index contributed by atoms with van der Waals surface area (Å²) < 4.78 is 41.2. The van der Waals surface area contributed by atoms with Gasteiger partial charge in [0.1, 0.15) is 56.2 Å². The fraction of sp³-hybridized carbons (Fsp3) is 0.492. The Morgan fingerprint density at radius 1 is 0.662 bits per heavy atom. The molecule has 71 heavy (non-hydrogen) atoms. The summed E-state index contributed by atoms with van der Waals surface area (Å²) in [4.78, 5) is 0. The summed E-state index contributed by atoms with van der Waals surface area (Å²) in [7, 11) is 0. The van der Waals surface area contributed by atoms with Crippen LogP contribution in [0.5, 0.6) is 11.5 Å². The summed E-state index contributed by atoms with van der Waals surface area (Å²) in [5.41, 5.74) is 8.84. The Bertz CT molecular complexity index is 2310. The molecule has 0 spiro atoms. The molecule has 1 N–H and O–H groups in total. The number of epoxide rings is 3. The second-order valence-corrected chi connectivity index (χ2v) is 20.9. The molecule has 2 aromatic carbocycles. The van der Waals surface area contributed by atoms with Crippen molar-refractivity contribution in [1.82, 2.24) is 0 Å². The van der Waals surface area contributed by atoms with E-state index in [1.807, 2.05) is 30.4 Å². The first-order valence-electron chi connectivity index (χ1n) is 26.2. The predicted octanol–water partition coefficient (Wildman–Crippen LogP) is 13.2. The van der Waals surface area contributed by atoms with Crippen molar-refractivity contribution in [1.29, 1.82) is 0 Å². The summed E-state index contributed by atoms with van der Waals surface area (Å²) in [5.74, 6) is 3.72. The van der Waals surface area contributed by atoms with E-state index in [9.17, 15) is 5.11 Å². The quantitative estimate of drug-likeness (QED) is 0.0272. The zero-order valence-corrected chi connectivity index (χ0v) is 43.2. The van der Waals surface area contributed by atoms with Crippen molar-refractivity contribution in [2.45, 2.75) is 127 Å². The number of aliphatic hydroxyl groups excluding tert-OH is 1. The van der Waals surface area contributed by atoms with Crippen LogP contribution in [0.1, 0.15) is 107 Å². The van der Waals surface area contributed by atoms with Gasteiger partial charge in [-0.1, -0.05) is 99.9 Å². The Balaban J connectivity index is 1.19. The van der Waals surface area contributed by atoms with Gasteiger partial charge in [-0.05, 0) is 158 Å². The van der Waals surface area contributed by atoms with Gasteiger partial charge in [-0.3, -0.25) is 0 Å². The number of ether oxygens (including phenoxy) is 7. The van der Waals surface area contributed by atoms with Crippen molar-refractivity contribution < 1.29 is 38.3 Å². The Hall–Kier alpha value is -5.12. The van der Waals surface area contributed by atoms with Gasteiger partial charge >= 0.3 is 0 Å². The lowest BCUT2D eigenvalue weighted by Crippen LogP contribution is -2.43. The summed E-state index contributed by atoms with van der Waals surface area (Å²) in [6.07, 6.45) is 29.8. The molecule has 8 heteroatoms. The molecule has 0 radical (unpaired) electrons. The predicted molar refractivity (Wildman–Crippen MR) is 288 cm³/mol. The molecule has 3 saturated heterocycles. The third-order valence-corrected chi connectivity index (χ3v) is 16.1. The van der Waals surface area contributed by atoms with Gasteiger partial charge in [0.2, 0.25) is 0 Å². The van der Waals surface area contributed by atoms with Gasteiger partial charge in [-0.2, -0.15) is 0 Å². The molecule has 5 aliphatic rings. The van der Waals surface area contributed by atoms with E-state index in [2.05, 4.69) is 115 Å². The molecule has 0 amide bonds. The molecule has 2 aromatic rings. The van der Waals surface area contributed by atoms with Crippen molar-refractivity contribution >= 4 is 0 Å². The van der Waals surface area contributed by atoms with Gasteiger partial charge < -0.3 is 38.3 Å². The number of benzene rings is 2. The molecule has 382 valence electrons. The molecule has 0 bridgehead atoms. The van der Waals surface area contributed by atoms with Crippen LogP contribution in [-0.2, 0) is 47.4 Å². The molecular weight excluding hydrogens is 885 g/mol. The maximum Gasteiger partial charge on any atom is 0.122 e. The van der Waals surface area contributed by atoms with Gasteiger partial charge in [-0.15, -0.1) is 26.3 Å². The molecule has 0 aromatic heterocycles. The van der Waals surface area contributed by atoms with E-state index < -0.39 is 0 Å². The standard InChI is InChI=1S/C63H82O8/c1-10-16-46(38-65-33-32-64)34-50(14-5)62(54-20-22-59(48(36-54)18-12-3)70-43-57-41-68-57)28-24-52(25-29-62)61(8,9)53-26-30-63(31-27-53,51(15-6)35-47(17-11-2)45(7)66-39-56-40-67-56)55-21-23-60(49(37-55)19-13-4)71-44-58-42-69-58/h10-15,20-23,34-38,52-53,56-58,64H,1-6,16-19,24-33,39-44H2,7-9H3/b46-38+,47-45+,50-34+,51-35+. The van der Waals surface area contributed by atoms with Crippen LogP contribution >= 0.6 is 0 Å². The third-order valence-electron chi connectivity index (χ3n) is 16.1. The number of hydrogen-bond donors (Lipinski definition) is 1. The van der Waals surface area contributed by atoms with Crippen molar-refractivity contribution in [3.63, 3.8) is 0 Å². The zero-order valence-electron chi connectivity index (χ0n) is 43.2. The average molecular weight is 967 g/mol. The molecule has 5 fully saturated rings. The first-order chi connectivity index (χ1) is 34.5. The Morgan fingerprint density at radius 2 is 1.13 bits per heavy atom. The fourth-order valence-electron chi connectivity index (χ4n) is 11.5. The Labute approximate surface area is 426 Å². The summed E-state index contributed by atoms with van der Waals surface area (Å²) in [6, 6.07) is 13.6. The molecule has 7 rings (SSSR count). The lowest BCUT2D eigenvalue weighted by atomic mass is 9.52. The van der Waals surface area contributed by atoms with Gasteiger partial charge in [0.15, 0.2) is 0 Å². The van der Waals surface area contributed by atoms with Crippen LogP contribution in [0.4, 0.5) is 0 Å². The monoisotopic (exact) mass is 967 g/mol. The number of rotatable bonds is 30. The van der Waals surface area contributed by atoms with Crippen LogP contribution < -0.4 is 9.47 Å². The summed E-state index contributed by atoms with van der Waals surface area (Å²) in [5, 5.41) is 9.50. The SMILES string of the molecule is C=CCC(=C\OCCO)/C=C(\C=C)C1(c2ccc(OCC3CO3)c(CC=C)c2)CCC(C(C)(C)C2CCC(/C(C=C)=C/C(CC=C)=C(\C)OCC3CO3)(c3ccc(OCC4CO4)c(CC=C)c3)CC2)CC1. The number of aliphatic hydroxyl groups is 1. The smallest absolute Gasteiger partial charge is 0.122 e. The van der Waals surface area contributed by atoms with Crippen LogP contribution in [0.2, 0.25) is 0 Å². The van der Waals surface area contributed by atoms with Crippen molar-refractivity contribution in [3.8, 4) is 11.5 Å². The molecule has 3 heterocycles. The minimum absolute atomic E-state index is 0.0472. The lowest BCUT2D eigenvalue weighted by molar-refractivity contribution is 0.0363. The van der Waals surface area contributed by atoms with E-state index >= 15 is 0 Å². The van der Waals surface area contributed by atoms with E-state index in [0.29, 0.717) is 57.3 Å². The normalized spacial score (nSPS) is 26.8. The van der Waals surface area contributed by atoms with Crippen molar-refractivity contribution in [2.75, 3.05) is 52.9 Å². The van der Waals surface area contributed by atoms with Crippen molar-refractivity contribution in [2.24, 2.45) is 17.3 Å². The molecule has 3 atom stereocenters. The zero-order chi connectivity index (χ0) is 50.4. The minimum atomic E-state index is -0.292. The van der Waals surface area contributed by atoms with Gasteiger partial charge in [0.05, 0.1) is 38.4 Å². The van der Waals surface area contributed by atoms with Crippen LogP contribution in [0, 0.1) is 17.3 Å². The molecule has 2 saturated carbocycles.